The molecule has 0 unspecified atom stereocenters. The number of likely N-dealkylation sites (tertiary alicyclic amines) is 1. The maximum Gasteiger partial charge on any atom is 0.269 e. The Morgan fingerprint density at radius 2 is 1.79 bits per heavy atom. The van der Waals surface area contributed by atoms with E-state index in [-0.39, 0.29) is 7.43 Å². The summed E-state index contributed by atoms with van der Waals surface area (Å²) in [6.07, 6.45) is 2.57. The van der Waals surface area contributed by atoms with Crippen molar-refractivity contribution in [3.8, 4) is 0 Å². The zero-order valence-corrected chi connectivity index (χ0v) is 11.3. The van der Waals surface area contributed by atoms with Crippen molar-refractivity contribution in [2.45, 2.75) is 52.2 Å². The molecule has 1 aliphatic heterocycles. The standard InChI is InChI=1S/C15H23NO.CH4.FH/c1-13(2)16-10-8-15(17,9-11-16)12-14-6-4-3-5-7-14;;/h3-7,13,17H,8-12H2,1-2H3;1H4;1H/i/hT. The summed E-state index contributed by atoms with van der Waals surface area (Å²) in [4.78, 5) is 2.44. The Hall–Kier alpha value is -0.930. The number of hydrogen-bond donors (Lipinski definition) is 1. The van der Waals surface area contributed by atoms with Crippen LogP contribution in [-0.4, -0.2) is 36.2 Å². The normalized spacial score (nSPS) is 18.9. The van der Waals surface area contributed by atoms with Gasteiger partial charge in [0.1, 0.15) is 0 Å². The summed E-state index contributed by atoms with van der Waals surface area (Å²) < 4.78 is 13.0. The predicted molar refractivity (Wildman–Crippen MR) is 80.3 cm³/mol. The average Bonchev–Trinajstić information content (AvgIpc) is 2.42. The van der Waals surface area contributed by atoms with Gasteiger partial charge in [-0.2, -0.15) is 0 Å². The van der Waals surface area contributed by atoms with Crippen molar-refractivity contribution in [1.29, 1.82) is 1.45 Å². The van der Waals surface area contributed by atoms with Crippen LogP contribution in [0, 0.1) is 0 Å². The summed E-state index contributed by atoms with van der Waals surface area (Å²) in [5.41, 5.74) is 0.750. The Bertz CT molecular complexity index is 351. The van der Waals surface area contributed by atoms with Gasteiger partial charge < -0.3 is 10.0 Å². The molecule has 2 rings (SSSR count). The van der Waals surface area contributed by atoms with Crippen LogP contribution in [-0.2, 0) is 6.42 Å². The molecule has 0 aliphatic carbocycles. The van der Waals surface area contributed by atoms with Gasteiger partial charge in [-0.25, -0.2) is 0 Å². The Kier molecular flexibility index (Phi) is 6.46. The van der Waals surface area contributed by atoms with E-state index in [1.165, 1.54) is 5.56 Å². The molecule has 0 radical (unpaired) electrons. The number of rotatable bonds is 3. The first kappa shape index (κ1) is 16.1. The second-order valence-corrected chi connectivity index (χ2v) is 5.52. The average molecular weight is 271 g/mol. The fourth-order valence-corrected chi connectivity index (χ4v) is 2.61. The third-order valence-corrected chi connectivity index (χ3v) is 3.84. The molecule has 19 heavy (non-hydrogen) atoms. The zero-order chi connectivity index (χ0) is 14.3. The van der Waals surface area contributed by atoms with E-state index in [0.717, 1.165) is 32.4 Å². The van der Waals surface area contributed by atoms with Crippen molar-refractivity contribution >= 4 is 0 Å². The minimum Gasteiger partial charge on any atom is -0.389 e. The number of nitrogens with zero attached hydrogens (tertiary/aromatic N) is 1. The highest BCUT2D eigenvalue weighted by Crippen LogP contribution is 2.27. The Morgan fingerprint density at radius 3 is 2.26 bits per heavy atom. The molecule has 0 aromatic heterocycles. The monoisotopic (exact) mass is 271 g/mol. The first-order valence-electron chi connectivity index (χ1n) is 6.97. The lowest BCUT2D eigenvalue weighted by Gasteiger charge is -2.40. The van der Waals surface area contributed by atoms with E-state index in [2.05, 4.69) is 32.3 Å². The molecule has 110 valence electrons. The summed E-state index contributed by atoms with van der Waals surface area (Å²) in [6.45, 7) is 6.48. The van der Waals surface area contributed by atoms with Crippen LogP contribution in [0.5, 0.6) is 0 Å². The van der Waals surface area contributed by atoms with Crippen LogP contribution in [0.3, 0.4) is 0 Å². The number of aliphatic hydroxyl groups is 1. The van der Waals surface area contributed by atoms with Crippen molar-refractivity contribution < 1.29 is 9.82 Å². The predicted octanol–water partition coefficient (Wildman–Crippen LogP) is 3.25. The van der Waals surface area contributed by atoms with Crippen LogP contribution in [0.2, 0.25) is 0 Å². The molecule has 0 atom stereocenters. The minimum absolute atomic E-state index is 0. The van der Waals surface area contributed by atoms with Gasteiger partial charge in [0.05, 0.1) is 5.60 Å². The fourth-order valence-electron chi connectivity index (χ4n) is 2.61. The van der Waals surface area contributed by atoms with E-state index in [1.54, 1.807) is 0 Å². The Labute approximate surface area is 118 Å². The van der Waals surface area contributed by atoms with Crippen molar-refractivity contribution in [3.05, 3.63) is 35.9 Å². The maximum absolute atomic E-state index is 10.6. The van der Waals surface area contributed by atoms with Gasteiger partial charge in [-0.15, -0.1) is 0 Å². The van der Waals surface area contributed by atoms with E-state index >= 15 is 0 Å². The molecular formula is C16H28FNO. The Morgan fingerprint density at radius 1 is 1.26 bits per heavy atom. The van der Waals surface area contributed by atoms with Crippen molar-refractivity contribution in [1.82, 2.24) is 4.90 Å². The fraction of sp³-hybridized carbons (Fsp3) is 0.625. The number of halogens is 1. The SMILES string of the molecule is C.CC(C)N1CCC(O)(Cc2ccccc2)CC1.[3H]F. The van der Waals surface area contributed by atoms with E-state index in [4.69, 9.17) is 4.72 Å². The summed E-state index contributed by atoms with van der Waals surface area (Å²) >= 11 is 0. The summed E-state index contributed by atoms with van der Waals surface area (Å²) in [7, 11) is 0. The van der Waals surface area contributed by atoms with Crippen LogP contribution in [0.1, 0.15) is 39.7 Å². The molecule has 1 saturated heterocycles. The highest BCUT2D eigenvalue weighted by molar-refractivity contribution is 5.17. The lowest BCUT2D eigenvalue weighted by molar-refractivity contribution is -0.0271. The smallest absolute Gasteiger partial charge is 0.269 e. The van der Waals surface area contributed by atoms with Crippen LogP contribution >= 0.6 is 0 Å². The van der Waals surface area contributed by atoms with Crippen molar-refractivity contribution in [3.63, 3.8) is 0 Å². The van der Waals surface area contributed by atoms with Gasteiger partial charge >= 0.3 is 0 Å². The highest BCUT2D eigenvalue weighted by atomic mass is 19.0. The summed E-state index contributed by atoms with van der Waals surface area (Å²) in [5.74, 6) is 0. The molecule has 0 saturated carbocycles. The second kappa shape index (κ2) is 7.61. The second-order valence-electron chi connectivity index (χ2n) is 5.52. The minimum atomic E-state index is -0.493. The van der Waals surface area contributed by atoms with Crippen LogP contribution in [0.25, 0.3) is 0 Å². The third-order valence-electron chi connectivity index (χ3n) is 3.84. The van der Waals surface area contributed by atoms with E-state index in [0.29, 0.717) is 6.04 Å². The van der Waals surface area contributed by atoms with Crippen LogP contribution in [0.15, 0.2) is 30.3 Å². The zero-order valence-electron chi connectivity index (χ0n) is 12.3. The van der Waals surface area contributed by atoms with E-state index in [9.17, 15) is 5.11 Å². The molecule has 3 heteroatoms. The van der Waals surface area contributed by atoms with Gasteiger partial charge in [0.15, 0.2) is 0 Å². The molecule has 2 nitrogen and oxygen atoms in total. The Balaban J connectivity index is 0.00000115. The lowest BCUT2D eigenvalue weighted by Crippen LogP contribution is -2.47. The van der Waals surface area contributed by atoms with Crippen molar-refractivity contribution in [2.75, 3.05) is 13.1 Å². The largest absolute Gasteiger partial charge is 0.389 e. The molecule has 0 spiro atoms. The molecule has 1 aromatic rings. The van der Waals surface area contributed by atoms with Crippen LogP contribution < -0.4 is 0 Å². The van der Waals surface area contributed by atoms with Gasteiger partial charge in [-0.1, -0.05) is 37.8 Å². The molecule has 1 fully saturated rings. The van der Waals surface area contributed by atoms with Gasteiger partial charge in [0.2, 0.25) is 0 Å². The maximum atomic E-state index is 10.6. The lowest BCUT2D eigenvalue weighted by atomic mass is 9.85. The van der Waals surface area contributed by atoms with Gasteiger partial charge in [0, 0.05) is 25.6 Å². The highest BCUT2D eigenvalue weighted by Gasteiger charge is 2.32. The number of benzene rings is 1. The van der Waals surface area contributed by atoms with Crippen molar-refractivity contribution in [2.24, 2.45) is 0 Å². The molecule has 1 aliphatic rings. The molecule has 1 N–H and O–H groups in total. The summed E-state index contributed by atoms with van der Waals surface area (Å²) in [6, 6.07) is 10.9. The van der Waals surface area contributed by atoms with E-state index < -0.39 is 5.60 Å². The van der Waals surface area contributed by atoms with E-state index in [1.807, 2.05) is 18.2 Å². The quantitative estimate of drug-likeness (QED) is 0.912. The van der Waals surface area contributed by atoms with Gasteiger partial charge in [-0.3, -0.25) is 4.72 Å². The van der Waals surface area contributed by atoms with Gasteiger partial charge in [0.25, 0.3) is 1.45 Å². The number of piperidine rings is 1. The molecule has 1 aromatic carbocycles. The molecule has 1 heterocycles. The first-order valence-corrected chi connectivity index (χ1v) is 6.59. The third kappa shape index (κ3) is 4.92. The van der Waals surface area contributed by atoms with Gasteiger partial charge in [-0.05, 0) is 32.3 Å². The molecular weight excluding hydrogens is 241 g/mol. The number of hydrogen-bond acceptors (Lipinski definition) is 2. The molecule has 0 bridgehead atoms. The summed E-state index contributed by atoms with van der Waals surface area (Å²) in [5, 5.41) is 10.6. The van der Waals surface area contributed by atoms with Crippen LogP contribution in [0.4, 0.5) is 4.72 Å². The first-order chi connectivity index (χ1) is 9.09. The topological polar surface area (TPSA) is 23.5 Å². The molecule has 0 amide bonds.